The molecule has 1 fully saturated rings. The van der Waals surface area contributed by atoms with Crippen LogP contribution in [0, 0.1) is 11.7 Å². The summed E-state index contributed by atoms with van der Waals surface area (Å²) < 4.78 is 19.7. The topological polar surface area (TPSA) is 70.7 Å². The number of nitrogens with zero attached hydrogens (tertiary/aromatic N) is 1. The summed E-state index contributed by atoms with van der Waals surface area (Å²) in [6.07, 6.45) is 10.2. The van der Waals surface area contributed by atoms with Gasteiger partial charge < -0.3 is 15.4 Å². The minimum atomic E-state index is -0.914. The second kappa shape index (κ2) is 12.8. The maximum Gasteiger partial charge on any atom is 0.248 e. The van der Waals surface area contributed by atoms with Gasteiger partial charge in [-0.15, -0.1) is 0 Å². The van der Waals surface area contributed by atoms with Crippen LogP contribution in [0.3, 0.4) is 0 Å². The van der Waals surface area contributed by atoms with Gasteiger partial charge in [0.15, 0.2) is 0 Å². The first-order valence-electron chi connectivity index (χ1n) is 13.5. The highest BCUT2D eigenvalue weighted by atomic mass is 19.1. The van der Waals surface area contributed by atoms with E-state index in [4.69, 9.17) is 4.74 Å². The molecule has 0 radical (unpaired) electrons. The molecule has 2 aliphatic carbocycles. The molecule has 2 atom stereocenters. The number of halogens is 1. The Morgan fingerprint density at radius 3 is 2.53 bits per heavy atom. The molecule has 0 bridgehead atoms. The fourth-order valence-corrected chi connectivity index (χ4v) is 5.25. The predicted molar refractivity (Wildman–Crippen MR) is 150 cm³/mol. The molecule has 2 aromatic rings. The van der Waals surface area contributed by atoms with Crippen molar-refractivity contribution in [3.63, 3.8) is 0 Å². The summed E-state index contributed by atoms with van der Waals surface area (Å²) in [6, 6.07) is 12.3. The Hall–Kier alpha value is -3.61. The Morgan fingerprint density at radius 1 is 1.11 bits per heavy atom. The van der Waals surface area contributed by atoms with Gasteiger partial charge in [0.1, 0.15) is 17.6 Å². The average Bonchev–Trinajstić information content (AvgIpc) is 2.92. The number of carbonyl (C=O) groups excluding carboxylic acids is 2. The normalized spacial score (nSPS) is 18.6. The van der Waals surface area contributed by atoms with Crippen LogP contribution in [0.2, 0.25) is 0 Å². The van der Waals surface area contributed by atoms with Gasteiger partial charge in [0, 0.05) is 17.4 Å². The first-order valence-corrected chi connectivity index (χ1v) is 13.5. The van der Waals surface area contributed by atoms with Gasteiger partial charge in [0.25, 0.3) is 0 Å². The quantitative estimate of drug-likeness (QED) is 0.426. The lowest BCUT2D eigenvalue weighted by molar-refractivity contribution is -0.125. The first-order chi connectivity index (χ1) is 18.4. The van der Waals surface area contributed by atoms with Crippen molar-refractivity contribution >= 4 is 23.2 Å². The van der Waals surface area contributed by atoms with Crippen molar-refractivity contribution in [2.45, 2.75) is 64.5 Å². The summed E-state index contributed by atoms with van der Waals surface area (Å²) in [5.74, 6) is -0.0915. The SMILES string of the molecule is COc1ccc(NCC(=O)N(c2cccc(F)c2)C(C(=O)NC2CCCCC2)C2=CC(C)CC=C2C)cc1. The van der Waals surface area contributed by atoms with Crippen LogP contribution in [-0.4, -0.2) is 37.6 Å². The third-order valence-electron chi connectivity index (χ3n) is 7.36. The number of nitrogens with one attached hydrogen (secondary N) is 2. The number of methoxy groups -OCH3 is 1. The molecule has 2 unspecified atom stereocenters. The fourth-order valence-electron chi connectivity index (χ4n) is 5.25. The zero-order valence-corrected chi connectivity index (χ0v) is 22.5. The number of anilines is 2. The Labute approximate surface area is 224 Å². The molecule has 0 heterocycles. The lowest BCUT2D eigenvalue weighted by atomic mass is 9.86. The second-order valence-corrected chi connectivity index (χ2v) is 10.3. The fraction of sp³-hybridized carbons (Fsp3) is 0.419. The Balaban J connectivity index is 1.69. The molecule has 2 N–H and O–H groups in total. The molecular weight excluding hydrogens is 481 g/mol. The predicted octanol–water partition coefficient (Wildman–Crippen LogP) is 6.01. The minimum absolute atomic E-state index is 0.0678. The highest BCUT2D eigenvalue weighted by Crippen LogP contribution is 2.31. The number of amides is 2. The van der Waals surface area contributed by atoms with Gasteiger partial charge in [-0.1, -0.05) is 44.4 Å². The van der Waals surface area contributed by atoms with E-state index in [1.807, 2.05) is 19.1 Å². The highest BCUT2D eigenvalue weighted by Gasteiger charge is 2.36. The third kappa shape index (κ3) is 6.82. The van der Waals surface area contributed by atoms with Crippen molar-refractivity contribution < 1.29 is 18.7 Å². The van der Waals surface area contributed by atoms with Crippen LogP contribution >= 0.6 is 0 Å². The summed E-state index contributed by atoms with van der Waals surface area (Å²) in [6.45, 7) is 4.00. The van der Waals surface area contributed by atoms with E-state index in [2.05, 4.69) is 29.7 Å². The van der Waals surface area contributed by atoms with Crippen molar-refractivity contribution in [2.24, 2.45) is 5.92 Å². The monoisotopic (exact) mass is 519 g/mol. The number of allylic oxidation sites excluding steroid dienone is 2. The van der Waals surface area contributed by atoms with Crippen molar-refractivity contribution in [1.82, 2.24) is 5.32 Å². The summed E-state index contributed by atoms with van der Waals surface area (Å²) in [7, 11) is 1.60. The van der Waals surface area contributed by atoms with Crippen molar-refractivity contribution in [3.05, 3.63) is 77.6 Å². The molecule has 0 spiro atoms. The van der Waals surface area contributed by atoms with E-state index in [0.29, 0.717) is 11.4 Å². The standard InChI is InChI=1S/C31H38FN3O3/c1-21-12-13-22(2)28(18-21)30(31(37)34-25-9-5-4-6-10-25)35(26-11-7-8-23(32)19-26)29(36)20-33-24-14-16-27(38-3)17-15-24/h7-8,11,13-19,21,25,30,33H,4-6,9-10,12,20H2,1-3H3,(H,34,37). The van der Waals surface area contributed by atoms with Gasteiger partial charge in [-0.2, -0.15) is 0 Å². The van der Waals surface area contributed by atoms with Crippen molar-refractivity contribution in [1.29, 1.82) is 0 Å². The molecule has 1 saturated carbocycles. The molecule has 2 aromatic carbocycles. The molecule has 0 aliphatic heterocycles. The Morgan fingerprint density at radius 2 is 1.84 bits per heavy atom. The number of ether oxygens (including phenoxy) is 1. The van der Waals surface area contributed by atoms with Crippen LogP contribution in [0.4, 0.5) is 15.8 Å². The maximum atomic E-state index is 14.4. The highest BCUT2D eigenvalue weighted by molar-refractivity contribution is 6.04. The zero-order valence-electron chi connectivity index (χ0n) is 22.5. The molecule has 2 aliphatic rings. The molecule has 4 rings (SSSR count). The van der Waals surface area contributed by atoms with Crippen LogP contribution in [0.1, 0.15) is 52.4 Å². The maximum absolute atomic E-state index is 14.4. The molecule has 0 aromatic heterocycles. The first kappa shape index (κ1) is 27.4. The Kier molecular flexibility index (Phi) is 9.21. The van der Waals surface area contributed by atoms with Crippen molar-refractivity contribution in [3.8, 4) is 5.75 Å². The van der Waals surface area contributed by atoms with Crippen LogP contribution in [0.15, 0.2) is 71.8 Å². The van der Waals surface area contributed by atoms with Gasteiger partial charge in [-0.3, -0.25) is 14.5 Å². The van der Waals surface area contributed by atoms with E-state index in [1.54, 1.807) is 31.4 Å². The Bertz CT molecular complexity index is 1190. The van der Waals surface area contributed by atoms with E-state index in [-0.39, 0.29) is 30.3 Å². The van der Waals surface area contributed by atoms with Crippen LogP contribution in [-0.2, 0) is 9.59 Å². The summed E-state index contributed by atoms with van der Waals surface area (Å²) in [5, 5.41) is 6.38. The number of rotatable bonds is 9. The van der Waals surface area contributed by atoms with Gasteiger partial charge in [0.2, 0.25) is 11.8 Å². The van der Waals surface area contributed by atoms with E-state index in [9.17, 15) is 14.0 Å². The van der Waals surface area contributed by atoms with Gasteiger partial charge in [-0.25, -0.2) is 4.39 Å². The summed E-state index contributed by atoms with van der Waals surface area (Å²) in [4.78, 5) is 29.4. The van der Waals surface area contributed by atoms with Crippen LogP contribution < -0.4 is 20.3 Å². The van der Waals surface area contributed by atoms with Crippen LogP contribution in [0.5, 0.6) is 5.75 Å². The molecule has 6 nitrogen and oxygen atoms in total. The molecule has 0 saturated heterocycles. The molecule has 2 amide bonds. The summed E-state index contributed by atoms with van der Waals surface area (Å²) >= 11 is 0. The third-order valence-corrected chi connectivity index (χ3v) is 7.36. The van der Waals surface area contributed by atoms with Gasteiger partial charge >= 0.3 is 0 Å². The van der Waals surface area contributed by atoms with E-state index < -0.39 is 11.9 Å². The second-order valence-electron chi connectivity index (χ2n) is 10.3. The van der Waals surface area contributed by atoms with Crippen LogP contribution in [0.25, 0.3) is 0 Å². The molecular formula is C31H38FN3O3. The van der Waals surface area contributed by atoms with Crippen molar-refractivity contribution in [2.75, 3.05) is 23.9 Å². The molecule has 7 heteroatoms. The average molecular weight is 520 g/mol. The molecule has 38 heavy (non-hydrogen) atoms. The lowest BCUT2D eigenvalue weighted by Crippen LogP contribution is -2.55. The minimum Gasteiger partial charge on any atom is -0.497 e. The number of benzene rings is 2. The number of hydrogen-bond acceptors (Lipinski definition) is 4. The summed E-state index contributed by atoms with van der Waals surface area (Å²) in [5.41, 5.74) is 2.84. The van der Waals surface area contributed by atoms with Gasteiger partial charge in [-0.05, 0) is 85.7 Å². The van der Waals surface area contributed by atoms with E-state index in [1.165, 1.54) is 23.5 Å². The largest absolute Gasteiger partial charge is 0.497 e. The number of carbonyl (C=O) groups is 2. The number of hydrogen-bond donors (Lipinski definition) is 2. The van der Waals surface area contributed by atoms with Gasteiger partial charge in [0.05, 0.1) is 13.7 Å². The van der Waals surface area contributed by atoms with E-state index in [0.717, 1.165) is 48.9 Å². The zero-order chi connectivity index (χ0) is 27.1. The lowest BCUT2D eigenvalue weighted by Gasteiger charge is -2.36. The molecule has 202 valence electrons. The smallest absolute Gasteiger partial charge is 0.248 e. The van der Waals surface area contributed by atoms with E-state index >= 15 is 0 Å².